The number of anilines is 1. The van der Waals surface area contributed by atoms with Crippen molar-refractivity contribution in [2.75, 3.05) is 26.1 Å². The minimum absolute atomic E-state index is 0.0805. The predicted octanol–water partition coefficient (Wildman–Crippen LogP) is 3.88. The zero-order valence-electron chi connectivity index (χ0n) is 16.8. The number of hydrogen-bond donors (Lipinski definition) is 2. The van der Waals surface area contributed by atoms with Crippen LogP contribution in [0.5, 0.6) is 11.5 Å². The maximum atomic E-state index is 12.8. The van der Waals surface area contributed by atoms with E-state index in [1.54, 1.807) is 20.3 Å². The van der Waals surface area contributed by atoms with E-state index in [1.165, 1.54) is 6.07 Å². The maximum absolute atomic E-state index is 12.8. The van der Waals surface area contributed by atoms with Gasteiger partial charge in [0, 0.05) is 17.9 Å². The van der Waals surface area contributed by atoms with E-state index in [2.05, 4.69) is 10.6 Å². The number of nitrogens with one attached hydrogen (secondary N) is 2. The zero-order chi connectivity index (χ0) is 22.6. The molecule has 2 aromatic carbocycles. The molecule has 31 heavy (non-hydrogen) atoms. The van der Waals surface area contributed by atoms with Crippen molar-refractivity contribution in [1.82, 2.24) is 5.32 Å². The topological polar surface area (TPSA) is 76.7 Å². The van der Waals surface area contributed by atoms with E-state index in [-0.39, 0.29) is 18.0 Å². The summed E-state index contributed by atoms with van der Waals surface area (Å²) in [6, 6.07) is 8.64. The Kier molecular flexibility index (Phi) is 6.99. The lowest BCUT2D eigenvalue weighted by Gasteiger charge is -2.24. The fraction of sp³-hybridized carbons (Fsp3) is 0.333. The van der Waals surface area contributed by atoms with Crippen molar-refractivity contribution >= 4 is 29.3 Å². The molecule has 1 atom stereocenters. The number of ether oxygens (including phenoxy) is 2. The monoisotopic (exact) mass is 454 g/mol. The highest BCUT2D eigenvalue weighted by Gasteiger charge is 2.34. The quantitative estimate of drug-likeness (QED) is 0.664. The first-order chi connectivity index (χ1) is 14.7. The highest BCUT2D eigenvalue weighted by molar-refractivity contribution is 8.01. The van der Waals surface area contributed by atoms with Crippen LogP contribution in [0.2, 0.25) is 0 Å². The second-order valence-corrected chi connectivity index (χ2v) is 8.04. The first kappa shape index (κ1) is 22.8. The number of alkyl halides is 3. The summed E-state index contributed by atoms with van der Waals surface area (Å²) in [4.78, 5) is 25.0. The molecule has 0 saturated carbocycles. The molecule has 0 radical (unpaired) electrons. The zero-order valence-corrected chi connectivity index (χ0v) is 17.7. The van der Waals surface area contributed by atoms with E-state index in [0.29, 0.717) is 29.4 Å². The molecule has 0 bridgehead atoms. The predicted molar refractivity (Wildman–Crippen MR) is 111 cm³/mol. The van der Waals surface area contributed by atoms with Crippen LogP contribution >= 0.6 is 11.8 Å². The standard InChI is InChI=1S/C21H21F3N2O4S/c1-29-15-5-3-12(9-16(15)30-2)7-8-25-19(27)11-18-20(28)26-14-10-13(21(22,23)24)4-6-17(14)31-18/h3-6,9-10,18H,7-8,11H2,1-2H3,(H,25,27)(H,26,28)/t18-/m0/s1. The van der Waals surface area contributed by atoms with Crippen molar-refractivity contribution in [2.45, 2.75) is 29.2 Å². The summed E-state index contributed by atoms with van der Waals surface area (Å²) in [5.74, 6) is 0.391. The van der Waals surface area contributed by atoms with Crippen LogP contribution < -0.4 is 20.1 Å². The van der Waals surface area contributed by atoms with Gasteiger partial charge in [0.15, 0.2) is 11.5 Å². The Balaban J connectivity index is 1.54. The fourth-order valence-electron chi connectivity index (χ4n) is 3.08. The van der Waals surface area contributed by atoms with Gasteiger partial charge in [-0.1, -0.05) is 6.07 Å². The highest BCUT2D eigenvalue weighted by Crippen LogP contribution is 2.40. The van der Waals surface area contributed by atoms with Crippen LogP contribution in [-0.4, -0.2) is 37.8 Å². The molecule has 3 rings (SSSR count). The molecule has 0 aromatic heterocycles. The van der Waals surface area contributed by atoms with E-state index in [9.17, 15) is 22.8 Å². The molecular weight excluding hydrogens is 433 g/mol. The summed E-state index contributed by atoms with van der Waals surface area (Å²) in [7, 11) is 3.09. The fourth-order valence-corrected chi connectivity index (χ4v) is 4.17. The molecule has 0 spiro atoms. The summed E-state index contributed by atoms with van der Waals surface area (Å²) in [6.45, 7) is 0.360. The number of carbonyl (C=O) groups excluding carboxylic acids is 2. The molecule has 1 aliphatic rings. The van der Waals surface area contributed by atoms with Crippen molar-refractivity contribution in [3.63, 3.8) is 0 Å². The van der Waals surface area contributed by atoms with Gasteiger partial charge in [0.25, 0.3) is 0 Å². The first-order valence-corrected chi connectivity index (χ1v) is 10.3. The molecule has 1 heterocycles. The second-order valence-electron chi connectivity index (χ2n) is 6.80. The number of rotatable bonds is 7. The van der Waals surface area contributed by atoms with Crippen LogP contribution in [0.15, 0.2) is 41.3 Å². The number of carbonyl (C=O) groups is 2. The van der Waals surface area contributed by atoms with E-state index >= 15 is 0 Å². The van der Waals surface area contributed by atoms with Gasteiger partial charge in [-0.2, -0.15) is 13.2 Å². The van der Waals surface area contributed by atoms with Gasteiger partial charge < -0.3 is 20.1 Å². The average molecular weight is 454 g/mol. The maximum Gasteiger partial charge on any atom is 0.416 e. The molecular formula is C21H21F3N2O4S. The third kappa shape index (κ3) is 5.63. The Labute approximate surface area is 181 Å². The molecule has 2 amide bonds. The Bertz CT molecular complexity index is 982. The van der Waals surface area contributed by atoms with Crippen LogP contribution in [0.4, 0.5) is 18.9 Å². The summed E-state index contributed by atoms with van der Waals surface area (Å²) in [5.41, 5.74) is 0.213. The van der Waals surface area contributed by atoms with Gasteiger partial charge in [-0.3, -0.25) is 9.59 Å². The van der Waals surface area contributed by atoms with Gasteiger partial charge in [0.05, 0.1) is 30.7 Å². The van der Waals surface area contributed by atoms with Crippen molar-refractivity contribution in [2.24, 2.45) is 0 Å². The normalized spacial score (nSPS) is 15.6. The van der Waals surface area contributed by atoms with Crippen LogP contribution in [-0.2, 0) is 22.2 Å². The van der Waals surface area contributed by atoms with E-state index < -0.39 is 22.9 Å². The number of methoxy groups -OCH3 is 2. The highest BCUT2D eigenvalue weighted by atomic mass is 32.2. The average Bonchev–Trinajstić information content (AvgIpc) is 2.73. The van der Waals surface area contributed by atoms with Crippen LogP contribution in [0, 0.1) is 0 Å². The lowest BCUT2D eigenvalue weighted by atomic mass is 10.1. The molecule has 1 aliphatic heterocycles. The molecule has 6 nitrogen and oxygen atoms in total. The van der Waals surface area contributed by atoms with Crippen molar-refractivity contribution in [3.05, 3.63) is 47.5 Å². The number of benzene rings is 2. The number of thioether (sulfide) groups is 1. The van der Waals surface area contributed by atoms with Gasteiger partial charge >= 0.3 is 6.18 Å². The van der Waals surface area contributed by atoms with Crippen LogP contribution in [0.3, 0.4) is 0 Å². The number of amides is 2. The number of halogens is 3. The van der Waals surface area contributed by atoms with Gasteiger partial charge in [0.1, 0.15) is 0 Å². The lowest BCUT2D eigenvalue weighted by molar-refractivity contribution is -0.137. The summed E-state index contributed by atoms with van der Waals surface area (Å²) in [6.07, 6.45) is -4.02. The van der Waals surface area contributed by atoms with Gasteiger partial charge in [-0.15, -0.1) is 11.8 Å². The smallest absolute Gasteiger partial charge is 0.416 e. The van der Waals surface area contributed by atoms with Crippen LogP contribution in [0.25, 0.3) is 0 Å². The molecule has 0 aliphatic carbocycles. The molecule has 2 N–H and O–H groups in total. The Morgan fingerprint density at radius 2 is 1.87 bits per heavy atom. The molecule has 2 aromatic rings. The molecule has 10 heteroatoms. The lowest BCUT2D eigenvalue weighted by Crippen LogP contribution is -2.35. The number of hydrogen-bond acceptors (Lipinski definition) is 5. The molecule has 0 saturated heterocycles. The third-order valence-corrected chi connectivity index (χ3v) is 5.96. The van der Waals surface area contributed by atoms with Gasteiger partial charge in [0.2, 0.25) is 11.8 Å². The largest absolute Gasteiger partial charge is 0.493 e. The first-order valence-electron chi connectivity index (χ1n) is 9.37. The second kappa shape index (κ2) is 9.51. The summed E-state index contributed by atoms with van der Waals surface area (Å²) >= 11 is 1.08. The van der Waals surface area contributed by atoms with Crippen molar-refractivity contribution < 1.29 is 32.2 Å². The molecule has 166 valence electrons. The Morgan fingerprint density at radius 3 is 2.55 bits per heavy atom. The van der Waals surface area contributed by atoms with Crippen molar-refractivity contribution in [1.29, 1.82) is 0 Å². The minimum atomic E-state index is -4.49. The summed E-state index contributed by atoms with van der Waals surface area (Å²) in [5, 5.41) is 4.52. The third-order valence-electron chi connectivity index (χ3n) is 4.68. The molecule has 0 fully saturated rings. The Hall–Kier alpha value is -2.88. The SMILES string of the molecule is COc1ccc(CCNC(=O)C[C@@H]2Sc3ccc(C(F)(F)F)cc3NC2=O)cc1OC. The van der Waals surface area contributed by atoms with Crippen LogP contribution in [0.1, 0.15) is 17.5 Å². The van der Waals surface area contributed by atoms with Crippen molar-refractivity contribution in [3.8, 4) is 11.5 Å². The van der Waals surface area contributed by atoms with E-state index in [1.807, 2.05) is 12.1 Å². The van der Waals surface area contributed by atoms with E-state index in [4.69, 9.17) is 9.47 Å². The minimum Gasteiger partial charge on any atom is -0.493 e. The number of fused-ring (bicyclic) bond motifs is 1. The molecule has 0 unspecified atom stereocenters. The van der Waals surface area contributed by atoms with Gasteiger partial charge in [-0.25, -0.2) is 0 Å². The Morgan fingerprint density at radius 1 is 1.13 bits per heavy atom. The van der Waals surface area contributed by atoms with E-state index in [0.717, 1.165) is 29.5 Å². The van der Waals surface area contributed by atoms with Gasteiger partial charge in [-0.05, 0) is 42.3 Å². The summed E-state index contributed by atoms with van der Waals surface area (Å²) < 4.78 is 49.0.